The number of nitrogens with zero attached hydrogens (tertiary/aromatic N) is 5. The molecule has 3 aromatic rings. The molecule has 30 heavy (non-hydrogen) atoms. The molecule has 3 rings (SSSR count). The van der Waals surface area contributed by atoms with Crippen molar-refractivity contribution in [2.75, 3.05) is 5.73 Å². The standard InChI is InChI=1S/C20H24N8OS/c1-12-4-5-15(25-19(12)23)10-28(11-29)24-9-16-13(2)27(3)20-18(16)30-17(26-20)8-14(22)6-7-21/h4-7,9,11,22H,8,10,21H2,1-3H3,(H2,23,25)/b7-6-,22-14?,24-9-. The van der Waals surface area contributed by atoms with Crippen LogP contribution in [-0.2, 0) is 24.8 Å². The molecule has 3 heterocycles. The summed E-state index contributed by atoms with van der Waals surface area (Å²) in [6.07, 6.45) is 5.62. The van der Waals surface area contributed by atoms with Gasteiger partial charge in [-0.3, -0.25) is 4.79 Å². The van der Waals surface area contributed by atoms with Crippen molar-refractivity contribution in [2.24, 2.45) is 17.9 Å². The van der Waals surface area contributed by atoms with Crippen LogP contribution in [0.2, 0.25) is 0 Å². The molecule has 0 aliphatic heterocycles. The topological polar surface area (TPSA) is 139 Å². The van der Waals surface area contributed by atoms with Crippen LogP contribution in [0.5, 0.6) is 0 Å². The number of hydrogen-bond acceptors (Lipinski definition) is 8. The zero-order valence-corrected chi connectivity index (χ0v) is 17.9. The second-order valence-electron chi connectivity index (χ2n) is 6.83. The van der Waals surface area contributed by atoms with Crippen molar-refractivity contribution in [2.45, 2.75) is 26.8 Å². The van der Waals surface area contributed by atoms with Crippen LogP contribution in [0.1, 0.15) is 27.5 Å². The summed E-state index contributed by atoms with van der Waals surface area (Å²) in [7, 11) is 1.93. The van der Waals surface area contributed by atoms with Gasteiger partial charge in [0, 0.05) is 30.4 Å². The number of nitrogen functional groups attached to an aromatic ring is 1. The van der Waals surface area contributed by atoms with Crippen LogP contribution in [-0.4, -0.2) is 37.9 Å². The summed E-state index contributed by atoms with van der Waals surface area (Å²) in [4.78, 5) is 20.5. The summed E-state index contributed by atoms with van der Waals surface area (Å²) < 4.78 is 2.94. The number of hydrazone groups is 1. The van der Waals surface area contributed by atoms with Crippen LogP contribution in [0.4, 0.5) is 5.82 Å². The number of anilines is 1. The predicted octanol–water partition coefficient (Wildman–Crippen LogP) is 2.26. The molecule has 5 N–H and O–H groups in total. The minimum absolute atomic E-state index is 0.218. The maximum absolute atomic E-state index is 11.5. The van der Waals surface area contributed by atoms with E-state index in [1.54, 1.807) is 12.3 Å². The number of amides is 1. The van der Waals surface area contributed by atoms with E-state index in [0.717, 1.165) is 32.2 Å². The van der Waals surface area contributed by atoms with E-state index >= 15 is 0 Å². The summed E-state index contributed by atoms with van der Waals surface area (Å²) in [5.41, 5.74) is 15.8. The molecule has 1 amide bonds. The van der Waals surface area contributed by atoms with Crippen molar-refractivity contribution < 1.29 is 4.79 Å². The molecule has 9 nitrogen and oxygen atoms in total. The van der Waals surface area contributed by atoms with Gasteiger partial charge in [0.1, 0.15) is 10.8 Å². The number of pyridine rings is 1. The first kappa shape index (κ1) is 21.2. The van der Waals surface area contributed by atoms with E-state index in [-0.39, 0.29) is 6.54 Å². The number of nitrogens with one attached hydrogen (secondary N) is 1. The van der Waals surface area contributed by atoms with Gasteiger partial charge in [-0.15, -0.1) is 11.3 Å². The highest BCUT2D eigenvalue weighted by Gasteiger charge is 2.17. The fraction of sp³-hybridized carbons (Fsp3) is 0.250. The van der Waals surface area contributed by atoms with Crippen molar-refractivity contribution in [1.82, 2.24) is 19.5 Å². The molecule has 0 saturated heterocycles. The molecular formula is C20H24N8OS. The average molecular weight is 425 g/mol. The summed E-state index contributed by atoms with van der Waals surface area (Å²) in [5.74, 6) is 0.440. The molecule has 0 saturated carbocycles. The molecule has 0 aliphatic rings. The Morgan fingerprint density at radius 3 is 2.80 bits per heavy atom. The normalized spacial score (nSPS) is 11.7. The number of carbonyl (C=O) groups excluding carboxylic acids is 1. The number of aryl methyl sites for hydroxylation is 2. The van der Waals surface area contributed by atoms with Gasteiger partial charge >= 0.3 is 0 Å². The van der Waals surface area contributed by atoms with Gasteiger partial charge in [0.05, 0.1) is 23.2 Å². The van der Waals surface area contributed by atoms with Crippen molar-refractivity contribution in [3.63, 3.8) is 0 Å². The number of rotatable bonds is 8. The van der Waals surface area contributed by atoms with Crippen molar-refractivity contribution in [1.29, 1.82) is 5.41 Å². The minimum Gasteiger partial charge on any atom is -0.405 e. The molecule has 0 spiro atoms. The summed E-state index contributed by atoms with van der Waals surface area (Å²) in [6.45, 7) is 4.07. The van der Waals surface area contributed by atoms with Gasteiger partial charge in [-0.25, -0.2) is 15.0 Å². The Labute approximate surface area is 178 Å². The van der Waals surface area contributed by atoms with Gasteiger partial charge in [0.25, 0.3) is 0 Å². The quantitative estimate of drug-likeness (QED) is 0.289. The molecule has 0 fully saturated rings. The summed E-state index contributed by atoms with van der Waals surface area (Å²) >= 11 is 1.51. The van der Waals surface area contributed by atoms with Gasteiger partial charge in [0.15, 0.2) is 5.65 Å². The monoisotopic (exact) mass is 424 g/mol. The molecule has 156 valence electrons. The van der Waals surface area contributed by atoms with Gasteiger partial charge in [0.2, 0.25) is 6.41 Å². The lowest BCUT2D eigenvalue weighted by atomic mass is 10.2. The third kappa shape index (κ3) is 4.38. The largest absolute Gasteiger partial charge is 0.405 e. The first-order valence-corrected chi connectivity index (χ1v) is 10.0. The summed E-state index contributed by atoms with van der Waals surface area (Å²) in [5, 5.41) is 14.3. The fourth-order valence-corrected chi connectivity index (χ4v) is 4.09. The zero-order chi connectivity index (χ0) is 21.8. The molecular weight excluding hydrogens is 400 g/mol. The second kappa shape index (κ2) is 8.87. The molecule has 0 atom stereocenters. The molecule has 10 heteroatoms. The van der Waals surface area contributed by atoms with E-state index in [1.165, 1.54) is 22.5 Å². The SMILES string of the molecule is Cc1ccc(CN(C=O)/N=C\c2c(C)n(C)c3nc(CC(=N)/C=C\N)sc23)nc1N. The fourth-order valence-electron chi connectivity index (χ4n) is 2.91. The zero-order valence-electron chi connectivity index (χ0n) is 17.1. The van der Waals surface area contributed by atoms with E-state index in [1.807, 2.05) is 37.6 Å². The Bertz CT molecular complexity index is 1160. The Kier molecular flexibility index (Phi) is 6.26. The van der Waals surface area contributed by atoms with Crippen LogP contribution in [0.3, 0.4) is 0 Å². The Morgan fingerprint density at radius 2 is 2.13 bits per heavy atom. The highest BCUT2D eigenvalue weighted by molar-refractivity contribution is 7.19. The van der Waals surface area contributed by atoms with Crippen molar-refractivity contribution in [3.8, 4) is 0 Å². The van der Waals surface area contributed by atoms with E-state index < -0.39 is 0 Å². The van der Waals surface area contributed by atoms with E-state index in [0.29, 0.717) is 30.1 Å². The lowest BCUT2D eigenvalue weighted by molar-refractivity contribution is -0.118. The first-order valence-electron chi connectivity index (χ1n) is 9.22. The first-order chi connectivity index (χ1) is 14.3. The second-order valence-corrected chi connectivity index (χ2v) is 7.92. The Balaban J connectivity index is 1.87. The highest BCUT2D eigenvalue weighted by Crippen LogP contribution is 2.29. The van der Waals surface area contributed by atoms with E-state index in [9.17, 15) is 4.79 Å². The maximum atomic E-state index is 11.5. The molecule has 0 radical (unpaired) electrons. The molecule has 0 unspecified atom stereocenters. The van der Waals surface area contributed by atoms with E-state index in [4.69, 9.17) is 16.9 Å². The summed E-state index contributed by atoms with van der Waals surface area (Å²) in [6, 6.07) is 3.69. The van der Waals surface area contributed by atoms with Crippen LogP contribution < -0.4 is 11.5 Å². The number of carbonyl (C=O) groups is 1. The predicted molar refractivity (Wildman–Crippen MR) is 121 cm³/mol. The van der Waals surface area contributed by atoms with Gasteiger partial charge < -0.3 is 21.4 Å². The molecule has 0 aromatic carbocycles. The maximum Gasteiger partial charge on any atom is 0.230 e. The third-order valence-corrected chi connectivity index (χ3v) is 5.80. The third-order valence-electron chi connectivity index (χ3n) is 4.72. The van der Waals surface area contributed by atoms with Crippen LogP contribution in [0.15, 0.2) is 29.5 Å². The molecule has 0 bridgehead atoms. The van der Waals surface area contributed by atoms with E-state index in [2.05, 4.69) is 15.1 Å². The minimum atomic E-state index is 0.218. The number of allylic oxidation sites excluding steroid dienone is 1. The lowest BCUT2D eigenvalue weighted by Gasteiger charge is -2.11. The molecule has 3 aromatic heterocycles. The number of aromatic nitrogens is 3. The Morgan fingerprint density at radius 1 is 1.37 bits per heavy atom. The van der Waals surface area contributed by atoms with Crippen LogP contribution in [0, 0.1) is 19.3 Å². The van der Waals surface area contributed by atoms with Crippen LogP contribution in [0.25, 0.3) is 10.3 Å². The lowest BCUT2D eigenvalue weighted by Crippen LogP contribution is -2.16. The smallest absolute Gasteiger partial charge is 0.230 e. The van der Waals surface area contributed by atoms with Crippen molar-refractivity contribution >= 4 is 45.8 Å². The number of thiazole rings is 1. The van der Waals surface area contributed by atoms with Gasteiger partial charge in [-0.05, 0) is 37.8 Å². The number of hydrogen-bond donors (Lipinski definition) is 3. The molecule has 0 aliphatic carbocycles. The Hall–Kier alpha value is -3.53. The highest BCUT2D eigenvalue weighted by atomic mass is 32.1. The number of nitrogens with two attached hydrogens (primary N) is 2. The number of fused-ring (bicyclic) bond motifs is 1. The average Bonchev–Trinajstić information content (AvgIpc) is 3.20. The van der Waals surface area contributed by atoms with Crippen molar-refractivity contribution in [3.05, 3.63) is 51.9 Å². The van der Waals surface area contributed by atoms with Gasteiger partial charge in [-0.1, -0.05) is 6.07 Å². The van der Waals surface area contributed by atoms with Crippen LogP contribution >= 0.6 is 11.3 Å². The van der Waals surface area contributed by atoms with Gasteiger partial charge in [-0.2, -0.15) is 5.10 Å².